The lowest BCUT2D eigenvalue weighted by atomic mass is 10.1. The molecule has 0 unspecified atom stereocenters. The summed E-state index contributed by atoms with van der Waals surface area (Å²) in [6, 6.07) is 0. The van der Waals surface area contributed by atoms with Crippen molar-refractivity contribution in [3.05, 3.63) is 21.7 Å². The Bertz CT molecular complexity index is 397. The molecule has 0 saturated carbocycles. The number of rotatable bonds is 3. The molecular formula is C11H17N3O. The van der Waals surface area contributed by atoms with E-state index in [4.69, 9.17) is 0 Å². The highest BCUT2D eigenvalue weighted by atomic mass is 16.1. The zero-order chi connectivity index (χ0) is 10.7. The minimum absolute atomic E-state index is 0.0401. The first kappa shape index (κ1) is 10.2. The first-order valence-corrected chi connectivity index (χ1v) is 5.67. The fraction of sp³-hybridized carbons (Fsp3) is 0.636. The Morgan fingerprint density at radius 3 is 3.13 bits per heavy atom. The summed E-state index contributed by atoms with van der Waals surface area (Å²) in [4.78, 5) is 19.0. The van der Waals surface area contributed by atoms with Crippen LogP contribution in [0.4, 0.5) is 5.82 Å². The molecule has 1 aromatic rings. The molecule has 1 aliphatic heterocycles. The average molecular weight is 207 g/mol. The summed E-state index contributed by atoms with van der Waals surface area (Å²) >= 11 is 0. The number of anilines is 1. The summed E-state index contributed by atoms with van der Waals surface area (Å²) < 4.78 is 0. The molecule has 0 aromatic carbocycles. The van der Waals surface area contributed by atoms with E-state index in [0.29, 0.717) is 0 Å². The molecule has 0 saturated heterocycles. The van der Waals surface area contributed by atoms with Crippen molar-refractivity contribution in [3.8, 4) is 0 Å². The molecule has 0 atom stereocenters. The molecule has 0 aliphatic carbocycles. The minimum Gasteiger partial charge on any atom is -0.370 e. The summed E-state index contributed by atoms with van der Waals surface area (Å²) in [5.41, 5.74) is 0.861. The summed E-state index contributed by atoms with van der Waals surface area (Å²) in [6.07, 6.45) is 4.92. The molecule has 1 aromatic heterocycles. The predicted molar refractivity (Wildman–Crippen MR) is 60.3 cm³/mol. The third-order valence-electron chi connectivity index (χ3n) is 2.73. The van der Waals surface area contributed by atoms with Gasteiger partial charge in [-0.05, 0) is 19.3 Å². The maximum Gasteiger partial charge on any atom is 0.256 e. The van der Waals surface area contributed by atoms with Gasteiger partial charge in [-0.25, -0.2) is 4.98 Å². The van der Waals surface area contributed by atoms with E-state index < -0.39 is 0 Å². The van der Waals surface area contributed by atoms with Crippen LogP contribution in [0.25, 0.3) is 0 Å². The van der Waals surface area contributed by atoms with E-state index in [1.54, 1.807) is 0 Å². The molecule has 0 amide bonds. The van der Waals surface area contributed by atoms with Crippen LogP contribution in [0, 0.1) is 0 Å². The number of aryl methyl sites for hydroxylation is 1. The number of hydrogen-bond donors (Lipinski definition) is 2. The third kappa shape index (κ3) is 2.19. The van der Waals surface area contributed by atoms with Gasteiger partial charge in [-0.15, -0.1) is 0 Å². The van der Waals surface area contributed by atoms with Crippen molar-refractivity contribution in [1.29, 1.82) is 0 Å². The number of nitrogens with zero attached hydrogens (tertiary/aromatic N) is 1. The number of aromatic nitrogens is 2. The van der Waals surface area contributed by atoms with Crippen LogP contribution in [0.5, 0.6) is 0 Å². The molecule has 0 bridgehead atoms. The van der Waals surface area contributed by atoms with Crippen molar-refractivity contribution in [3.63, 3.8) is 0 Å². The van der Waals surface area contributed by atoms with E-state index in [-0.39, 0.29) is 5.56 Å². The molecule has 0 radical (unpaired) electrons. The Hall–Kier alpha value is -1.32. The molecule has 2 heterocycles. The van der Waals surface area contributed by atoms with Crippen molar-refractivity contribution in [2.75, 3.05) is 11.9 Å². The second-order valence-electron chi connectivity index (χ2n) is 3.97. The lowest BCUT2D eigenvalue weighted by Crippen LogP contribution is -2.25. The van der Waals surface area contributed by atoms with Crippen LogP contribution in [0.15, 0.2) is 4.79 Å². The number of H-pyrrole nitrogens is 1. The molecular weight excluding hydrogens is 190 g/mol. The molecule has 4 heteroatoms. The molecule has 2 rings (SSSR count). The van der Waals surface area contributed by atoms with E-state index >= 15 is 0 Å². The molecule has 15 heavy (non-hydrogen) atoms. The molecule has 0 fully saturated rings. The lowest BCUT2D eigenvalue weighted by Gasteiger charge is -2.16. The van der Waals surface area contributed by atoms with E-state index in [0.717, 1.165) is 55.9 Å². The second-order valence-corrected chi connectivity index (χ2v) is 3.97. The number of fused-ring (bicyclic) bond motifs is 1. The van der Waals surface area contributed by atoms with E-state index in [1.807, 2.05) is 0 Å². The fourth-order valence-corrected chi connectivity index (χ4v) is 1.86. The Balaban J connectivity index is 2.28. The molecule has 82 valence electrons. The monoisotopic (exact) mass is 207 g/mol. The zero-order valence-corrected chi connectivity index (χ0v) is 9.10. The zero-order valence-electron chi connectivity index (χ0n) is 9.10. The Morgan fingerprint density at radius 2 is 2.33 bits per heavy atom. The molecule has 2 N–H and O–H groups in total. The summed E-state index contributed by atoms with van der Waals surface area (Å²) in [6.45, 7) is 3.06. The normalized spacial score (nSPS) is 14.5. The number of unbranched alkanes of at least 4 members (excludes halogenated alkanes) is 1. The van der Waals surface area contributed by atoms with Gasteiger partial charge in [0.05, 0.1) is 5.56 Å². The maximum atomic E-state index is 11.7. The standard InChI is InChI=1S/C11H17N3O/c1-2-3-6-9-13-10-8(11(15)14-9)5-4-7-12-10/h2-7H2,1H3,(H2,12,13,14,15). The van der Waals surface area contributed by atoms with Crippen LogP contribution >= 0.6 is 0 Å². The van der Waals surface area contributed by atoms with Crippen molar-refractivity contribution in [2.45, 2.75) is 39.0 Å². The largest absolute Gasteiger partial charge is 0.370 e. The van der Waals surface area contributed by atoms with Gasteiger partial charge < -0.3 is 10.3 Å². The van der Waals surface area contributed by atoms with Crippen molar-refractivity contribution in [1.82, 2.24) is 9.97 Å². The summed E-state index contributed by atoms with van der Waals surface area (Å²) in [5.74, 6) is 1.62. The third-order valence-corrected chi connectivity index (χ3v) is 2.73. The van der Waals surface area contributed by atoms with Gasteiger partial charge in [0.25, 0.3) is 5.56 Å². The van der Waals surface area contributed by atoms with Gasteiger partial charge in [0.1, 0.15) is 11.6 Å². The van der Waals surface area contributed by atoms with Gasteiger partial charge in [0.2, 0.25) is 0 Å². The lowest BCUT2D eigenvalue weighted by molar-refractivity contribution is 0.728. The van der Waals surface area contributed by atoms with Crippen LogP contribution in [-0.2, 0) is 12.8 Å². The van der Waals surface area contributed by atoms with Crippen LogP contribution < -0.4 is 10.9 Å². The van der Waals surface area contributed by atoms with Crippen LogP contribution in [0.1, 0.15) is 37.6 Å². The fourth-order valence-electron chi connectivity index (χ4n) is 1.86. The first-order chi connectivity index (χ1) is 7.31. The Kier molecular flexibility index (Phi) is 3.04. The highest BCUT2D eigenvalue weighted by molar-refractivity contribution is 5.44. The van der Waals surface area contributed by atoms with Gasteiger partial charge in [0.15, 0.2) is 0 Å². The Labute approximate surface area is 89.1 Å². The molecule has 1 aliphatic rings. The predicted octanol–water partition coefficient (Wildman–Crippen LogP) is 1.47. The average Bonchev–Trinajstić information content (AvgIpc) is 2.26. The van der Waals surface area contributed by atoms with Crippen LogP contribution in [-0.4, -0.2) is 16.5 Å². The molecule has 4 nitrogen and oxygen atoms in total. The topological polar surface area (TPSA) is 57.8 Å². The van der Waals surface area contributed by atoms with E-state index in [1.165, 1.54) is 0 Å². The smallest absolute Gasteiger partial charge is 0.256 e. The quantitative estimate of drug-likeness (QED) is 0.789. The van der Waals surface area contributed by atoms with Gasteiger partial charge >= 0.3 is 0 Å². The highest BCUT2D eigenvalue weighted by Crippen LogP contribution is 2.15. The highest BCUT2D eigenvalue weighted by Gasteiger charge is 2.14. The van der Waals surface area contributed by atoms with Crippen molar-refractivity contribution in [2.24, 2.45) is 0 Å². The number of nitrogens with one attached hydrogen (secondary N) is 2. The van der Waals surface area contributed by atoms with Crippen LogP contribution in [0.3, 0.4) is 0 Å². The first-order valence-electron chi connectivity index (χ1n) is 5.67. The summed E-state index contributed by atoms with van der Waals surface area (Å²) in [7, 11) is 0. The van der Waals surface area contributed by atoms with Gasteiger partial charge in [-0.1, -0.05) is 13.3 Å². The number of hydrogen-bond acceptors (Lipinski definition) is 3. The van der Waals surface area contributed by atoms with Crippen molar-refractivity contribution >= 4 is 5.82 Å². The molecule has 0 spiro atoms. The van der Waals surface area contributed by atoms with E-state index in [2.05, 4.69) is 22.2 Å². The van der Waals surface area contributed by atoms with Crippen molar-refractivity contribution < 1.29 is 0 Å². The van der Waals surface area contributed by atoms with Crippen LogP contribution in [0.2, 0.25) is 0 Å². The van der Waals surface area contributed by atoms with Gasteiger partial charge in [-0.3, -0.25) is 4.79 Å². The SMILES string of the molecule is CCCCc1nc2c(c(=O)[nH]1)CCCN2. The number of aromatic amines is 1. The maximum absolute atomic E-state index is 11.7. The Morgan fingerprint density at radius 1 is 1.47 bits per heavy atom. The van der Waals surface area contributed by atoms with Gasteiger partial charge in [-0.2, -0.15) is 0 Å². The summed E-state index contributed by atoms with van der Waals surface area (Å²) in [5, 5.41) is 3.19. The second kappa shape index (κ2) is 4.47. The van der Waals surface area contributed by atoms with E-state index in [9.17, 15) is 4.79 Å². The van der Waals surface area contributed by atoms with Gasteiger partial charge in [0, 0.05) is 13.0 Å². The minimum atomic E-state index is 0.0401.